The van der Waals surface area contributed by atoms with Crippen molar-refractivity contribution in [1.29, 1.82) is 0 Å². The van der Waals surface area contributed by atoms with Crippen molar-refractivity contribution in [2.45, 2.75) is 6.92 Å². The second-order valence-electron chi connectivity index (χ2n) is 3.21. The van der Waals surface area contributed by atoms with Crippen molar-refractivity contribution in [2.24, 2.45) is 0 Å². The van der Waals surface area contributed by atoms with E-state index < -0.39 is 0 Å². The Labute approximate surface area is 90.2 Å². The number of benzene rings is 1. The summed E-state index contributed by atoms with van der Waals surface area (Å²) in [5.41, 5.74) is 2.04. The average Bonchev–Trinajstić information content (AvgIpc) is 2.83. The highest BCUT2D eigenvalue weighted by Gasteiger charge is 2.07. The highest BCUT2D eigenvalue weighted by atomic mass is 32.1. The molecule has 5 heteroatoms. The Morgan fingerprint density at radius 1 is 1.20 bits per heavy atom. The molecule has 3 rings (SSSR count). The van der Waals surface area contributed by atoms with Gasteiger partial charge in [0.15, 0.2) is 0 Å². The molecule has 1 aromatic carbocycles. The van der Waals surface area contributed by atoms with Crippen LogP contribution in [0.1, 0.15) is 5.01 Å². The zero-order chi connectivity index (χ0) is 10.3. The van der Waals surface area contributed by atoms with Crippen LogP contribution < -0.4 is 0 Å². The molecule has 0 unspecified atom stereocenters. The molecule has 0 atom stereocenters. The number of rotatable bonds is 1. The number of imidazole rings is 1. The van der Waals surface area contributed by atoms with E-state index in [9.17, 15) is 0 Å². The van der Waals surface area contributed by atoms with E-state index >= 15 is 0 Å². The molecule has 0 bridgehead atoms. The largest absolute Gasteiger partial charge is 0.273 e. The summed E-state index contributed by atoms with van der Waals surface area (Å²) in [7, 11) is 0. The predicted molar refractivity (Wildman–Crippen MR) is 59.3 cm³/mol. The predicted octanol–water partition coefficient (Wildman–Crippen LogP) is 2.19. The van der Waals surface area contributed by atoms with Crippen LogP contribution >= 0.6 is 11.3 Å². The number of aromatic nitrogens is 4. The first-order valence-corrected chi connectivity index (χ1v) is 5.39. The van der Waals surface area contributed by atoms with Crippen LogP contribution in [-0.4, -0.2) is 19.7 Å². The van der Waals surface area contributed by atoms with Crippen molar-refractivity contribution in [1.82, 2.24) is 19.7 Å². The molecule has 0 saturated heterocycles. The lowest BCUT2D eigenvalue weighted by Gasteiger charge is -1.95. The van der Waals surface area contributed by atoms with Crippen LogP contribution in [0.5, 0.6) is 0 Å². The van der Waals surface area contributed by atoms with Crippen molar-refractivity contribution >= 4 is 22.4 Å². The van der Waals surface area contributed by atoms with Gasteiger partial charge in [-0.1, -0.05) is 23.5 Å². The fourth-order valence-electron chi connectivity index (χ4n) is 1.50. The van der Waals surface area contributed by atoms with Gasteiger partial charge in [0.05, 0.1) is 11.0 Å². The molecule has 0 N–H and O–H groups in total. The van der Waals surface area contributed by atoms with Gasteiger partial charge in [0.1, 0.15) is 11.3 Å². The van der Waals surface area contributed by atoms with Gasteiger partial charge in [-0.25, -0.2) is 4.98 Å². The second-order valence-corrected chi connectivity index (χ2v) is 4.37. The molecule has 0 amide bonds. The minimum Gasteiger partial charge on any atom is -0.273 e. The maximum absolute atomic E-state index is 4.31. The number of fused-ring (bicyclic) bond motifs is 1. The van der Waals surface area contributed by atoms with Crippen LogP contribution in [0.25, 0.3) is 16.2 Å². The molecule has 0 spiro atoms. The number of para-hydroxylation sites is 2. The summed E-state index contributed by atoms with van der Waals surface area (Å²) in [5, 5.41) is 9.92. The molecule has 0 aliphatic heterocycles. The van der Waals surface area contributed by atoms with Crippen molar-refractivity contribution in [3.8, 4) is 5.13 Å². The van der Waals surface area contributed by atoms with Crippen LogP contribution in [0, 0.1) is 6.92 Å². The first-order chi connectivity index (χ1) is 7.34. The monoisotopic (exact) mass is 216 g/mol. The fourth-order valence-corrected chi connectivity index (χ4v) is 2.17. The molecule has 0 saturated carbocycles. The number of hydrogen-bond donors (Lipinski definition) is 0. The molecule has 3 aromatic rings. The van der Waals surface area contributed by atoms with Crippen molar-refractivity contribution in [3.05, 3.63) is 35.6 Å². The zero-order valence-electron chi connectivity index (χ0n) is 8.08. The third kappa shape index (κ3) is 1.32. The Kier molecular flexibility index (Phi) is 1.78. The summed E-state index contributed by atoms with van der Waals surface area (Å²) in [6.45, 7) is 1.94. The molecular formula is C10H8N4S. The topological polar surface area (TPSA) is 43.6 Å². The van der Waals surface area contributed by atoms with E-state index in [0.717, 1.165) is 21.2 Å². The van der Waals surface area contributed by atoms with Gasteiger partial charge in [-0.15, -0.1) is 10.2 Å². The number of hydrogen-bond acceptors (Lipinski definition) is 4. The quantitative estimate of drug-likeness (QED) is 0.626. The summed E-state index contributed by atoms with van der Waals surface area (Å²) in [6.07, 6.45) is 1.78. The lowest BCUT2D eigenvalue weighted by molar-refractivity contribution is 0.968. The van der Waals surface area contributed by atoms with E-state index in [0.29, 0.717) is 0 Å². The van der Waals surface area contributed by atoms with E-state index in [-0.39, 0.29) is 0 Å². The van der Waals surface area contributed by atoms with Gasteiger partial charge in [-0.05, 0) is 19.1 Å². The van der Waals surface area contributed by atoms with Gasteiger partial charge in [-0.2, -0.15) is 0 Å². The van der Waals surface area contributed by atoms with Crippen LogP contribution in [0.2, 0.25) is 0 Å². The van der Waals surface area contributed by atoms with Crippen molar-refractivity contribution < 1.29 is 0 Å². The Morgan fingerprint density at radius 3 is 2.87 bits per heavy atom. The van der Waals surface area contributed by atoms with Gasteiger partial charge in [0.25, 0.3) is 0 Å². The second kappa shape index (κ2) is 3.13. The van der Waals surface area contributed by atoms with Crippen LogP contribution in [0.4, 0.5) is 0 Å². The van der Waals surface area contributed by atoms with E-state index in [2.05, 4.69) is 15.2 Å². The van der Waals surface area contributed by atoms with Gasteiger partial charge in [0, 0.05) is 0 Å². The molecule has 0 fully saturated rings. The molecule has 0 aliphatic carbocycles. The van der Waals surface area contributed by atoms with Gasteiger partial charge >= 0.3 is 0 Å². The van der Waals surface area contributed by atoms with Crippen LogP contribution in [-0.2, 0) is 0 Å². The SMILES string of the molecule is Cc1nnc(-n2cnc3ccccc32)s1. The lowest BCUT2D eigenvalue weighted by Crippen LogP contribution is -1.90. The first kappa shape index (κ1) is 8.55. The van der Waals surface area contributed by atoms with Gasteiger partial charge < -0.3 is 0 Å². The minimum atomic E-state index is 0.862. The Hall–Kier alpha value is -1.75. The van der Waals surface area contributed by atoms with Gasteiger partial charge in [-0.3, -0.25) is 4.57 Å². The molecular weight excluding hydrogens is 208 g/mol. The van der Waals surface area contributed by atoms with Gasteiger partial charge in [0.2, 0.25) is 5.13 Å². The van der Waals surface area contributed by atoms with Crippen LogP contribution in [0.15, 0.2) is 30.6 Å². The van der Waals surface area contributed by atoms with E-state index in [1.165, 1.54) is 0 Å². The lowest BCUT2D eigenvalue weighted by atomic mass is 10.3. The molecule has 0 aliphatic rings. The van der Waals surface area contributed by atoms with E-state index in [1.807, 2.05) is 35.8 Å². The van der Waals surface area contributed by atoms with Crippen LogP contribution in [0.3, 0.4) is 0 Å². The maximum atomic E-state index is 4.31. The molecule has 4 nitrogen and oxygen atoms in total. The standard InChI is InChI=1S/C10H8N4S/c1-7-12-13-10(15-7)14-6-11-8-4-2-3-5-9(8)14/h2-6H,1H3. The Balaban J connectivity index is 2.27. The highest BCUT2D eigenvalue weighted by molar-refractivity contribution is 7.13. The Morgan fingerprint density at radius 2 is 2.07 bits per heavy atom. The van der Waals surface area contributed by atoms with Crippen molar-refractivity contribution in [2.75, 3.05) is 0 Å². The summed E-state index contributed by atoms with van der Waals surface area (Å²) in [4.78, 5) is 4.31. The normalized spacial score (nSPS) is 11.0. The smallest absolute Gasteiger partial charge is 0.218 e. The third-order valence-electron chi connectivity index (χ3n) is 2.18. The highest BCUT2D eigenvalue weighted by Crippen LogP contribution is 2.19. The maximum Gasteiger partial charge on any atom is 0.218 e. The first-order valence-electron chi connectivity index (χ1n) is 4.57. The molecule has 2 aromatic heterocycles. The van der Waals surface area contributed by atoms with E-state index in [4.69, 9.17) is 0 Å². The summed E-state index contributed by atoms with van der Waals surface area (Å²) in [6, 6.07) is 7.98. The number of nitrogens with zero attached hydrogens (tertiary/aromatic N) is 4. The van der Waals surface area contributed by atoms with E-state index in [1.54, 1.807) is 17.7 Å². The van der Waals surface area contributed by atoms with Crippen molar-refractivity contribution in [3.63, 3.8) is 0 Å². The summed E-state index contributed by atoms with van der Waals surface area (Å²) >= 11 is 1.56. The summed E-state index contributed by atoms with van der Waals surface area (Å²) < 4.78 is 1.96. The third-order valence-corrected chi connectivity index (χ3v) is 3.01. The fraction of sp³-hybridized carbons (Fsp3) is 0.100. The summed E-state index contributed by atoms with van der Waals surface area (Å²) in [5.74, 6) is 0. The number of aryl methyl sites for hydroxylation is 1. The molecule has 0 radical (unpaired) electrons. The minimum absolute atomic E-state index is 0.862. The molecule has 74 valence electrons. The molecule has 2 heterocycles. The zero-order valence-corrected chi connectivity index (χ0v) is 8.90. The Bertz CT molecular complexity index is 610. The molecule has 15 heavy (non-hydrogen) atoms. The average molecular weight is 216 g/mol.